The number of nitrogens with zero attached hydrogens (tertiary/aromatic N) is 2. The second kappa shape index (κ2) is 4.30. The highest BCUT2D eigenvalue weighted by molar-refractivity contribution is 6.12. The predicted octanol–water partition coefficient (Wildman–Crippen LogP) is 1.06. The number of rotatable bonds is 3. The van der Waals surface area contributed by atoms with E-state index in [9.17, 15) is 9.90 Å². The Bertz CT molecular complexity index is 456. The van der Waals surface area contributed by atoms with Gasteiger partial charge in [0.05, 0.1) is 12.3 Å². The van der Waals surface area contributed by atoms with Gasteiger partial charge in [0.1, 0.15) is 5.41 Å². The van der Waals surface area contributed by atoms with Crippen LogP contribution in [0.2, 0.25) is 0 Å². The van der Waals surface area contributed by atoms with Crippen LogP contribution in [0.25, 0.3) is 0 Å². The molecule has 0 aliphatic carbocycles. The molecule has 4 heteroatoms. The minimum Gasteiger partial charge on any atom is -0.395 e. The third-order valence-electron chi connectivity index (χ3n) is 3.20. The Morgan fingerprint density at radius 3 is 2.59 bits per heavy atom. The van der Waals surface area contributed by atoms with E-state index in [0.717, 1.165) is 11.3 Å². The van der Waals surface area contributed by atoms with Crippen molar-refractivity contribution in [1.29, 1.82) is 0 Å². The second-order valence-electron chi connectivity index (χ2n) is 4.53. The number of hydrogen-bond donors (Lipinski definition) is 1. The monoisotopic (exact) mass is 232 g/mol. The fourth-order valence-electron chi connectivity index (χ4n) is 2.00. The molecule has 1 N–H and O–H groups in total. The standard InChI is InChI=1S/C13H16N2O2/c1-13(9-16)11(14-15(2)12(13)17)8-10-6-4-3-5-7-10/h3-7,16H,8-9H2,1-2H3. The van der Waals surface area contributed by atoms with E-state index in [1.54, 1.807) is 14.0 Å². The Morgan fingerprint density at radius 1 is 1.35 bits per heavy atom. The van der Waals surface area contributed by atoms with E-state index in [-0.39, 0.29) is 12.5 Å². The molecule has 1 unspecified atom stereocenters. The van der Waals surface area contributed by atoms with Crippen LogP contribution in [0.1, 0.15) is 12.5 Å². The van der Waals surface area contributed by atoms with Gasteiger partial charge in [0.2, 0.25) is 0 Å². The zero-order chi connectivity index (χ0) is 12.5. The van der Waals surface area contributed by atoms with Crippen molar-refractivity contribution in [3.63, 3.8) is 0 Å². The van der Waals surface area contributed by atoms with Gasteiger partial charge in [0.25, 0.3) is 5.91 Å². The van der Waals surface area contributed by atoms with Crippen LogP contribution in [-0.2, 0) is 11.2 Å². The first-order chi connectivity index (χ1) is 8.08. The number of carbonyl (C=O) groups excluding carboxylic acids is 1. The van der Waals surface area contributed by atoms with E-state index in [1.165, 1.54) is 5.01 Å². The van der Waals surface area contributed by atoms with Crippen LogP contribution in [0, 0.1) is 5.41 Å². The molecular formula is C13H16N2O2. The molecule has 1 amide bonds. The van der Waals surface area contributed by atoms with Gasteiger partial charge in [0, 0.05) is 13.5 Å². The fourth-order valence-corrected chi connectivity index (χ4v) is 2.00. The average Bonchev–Trinajstić information content (AvgIpc) is 2.56. The summed E-state index contributed by atoms with van der Waals surface area (Å²) in [4.78, 5) is 11.9. The van der Waals surface area contributed by atoms with Crippen molar-refractivity contribution in [2.24, 2.45) is 10.5 Å². The van der Waals surface area contributed by atoms with Crippen LogP contribution < -0.4 is 0 Å². The Labute approximate surface area is 101 Å². The third kappa shape index (κ3) is 1.96. The Kier molecular flexibility index (Phi) is 2.98. The van der Waals surface area contributed by atoms with Crippen molar-refractivity contribution in [2.45, 2.75) is 13.3 Å². The fraction of sp³-hybridized carbons (Fsp3) is 0.385. The molecule has 4 nitrogen and oxygen atoms in total. The van der Waals surface area contributed by atoms with E-state index in [0.29, 0.717) is 6.42 Å². The van der Waals surface area contributed by atoms with Gasteiger partial charge in [0.15, 0.2) is 0 Å². The molecule has 0 saturated heterocycles. The van der Waals surface area contributed by atoms with Crippen LogP contribution >= 0.6 is 0 Å². The summed E-state index contributed by atoms with van der Waals surface area (Å²) in [6.07, 6.45) is 0.591. The van der Waals surface area contributed by atoms with Gasteiger partial charge in [-0.3, -0.25) is 4.79 Å². The third-order valence-corrected chi connectivity index (χ3v) is 3.20. The lowest BCUT2D eigenvalue weighted by Gasteiger charge is -2.20. The largest absolute Gasteiger partial charge is 0.395 e. The quantitative estimate of drug-likeness (QED) is 0.847. The van der Waals surface area contributed by atoms with Gasteiger partial charge >= 0.3 is 0 Å². The normalized spacial score (nSPS) is 24.1. The lowest BCUT2D eigenvalue weighted by atomic mass is 9.83. The number of aliphatic hydroxyl groups excluding tert-OH is 1. The van der Waals surface area contributed by atoms with Gasteiger partial charge in [-0.05, 0) is 12.5 Å². The number of hydrazone groups is 1. The Hall–Kier alpha value is -1.68. The minimum absolute atomic E-state index is 0.147. The molecule has 1 aromatic rings. The van der Waals surface area contributed by atoms with Crippen molar-refractivity contribution in [3.8, 4) is 0 Å². The predicted molar refractivity (Wildman–Crippen MR) is 65.5 cm³/mol. The first-order valence-corrected chi connectivity index (χ1v) is 5.59. The van der Waals surface area contributed by atoms with Gasteiger partial charge < -0.3 is 5.11 Å². The first kappa shape index (κ1) is 11.8. The summed E-state index contributed by atoms with van der Waals surface area (Å²) in [5.74, 6) is -0.147. The van der Waals surface area contributed by atoms with Crippen molar-refractivity contribution in [2.75, 3.05) is 13.7 Å². The summed E-state index contributed by atoms with van der Waals surface area (Å²) in [6, 6.07) is 9.83. The summed E-state index contributed by atoms with van der Waals surface area (Å²) in [5.41, 5.74) is 0.942. The number of hydrogen-bond acceptors (Lipinski definition) is 3. The molecule has 0 aromatic heterocycles. The van der Waals surface area contributed by atoms with Gasteiger partial charge in [-0.2, -0.15) is 5.10 Å². The van der Waals surface area contributed by atoms with Crippen LogP contribution in [0.15, 0.2) is 35.4 Å². The van der Waals surface area contributed by atoms with Crippen molar-refractivity contribution >= 4 is 11.6 Å². The number of carbonyl (C=O) groups is 1. The summed E-state index contributed by atoms with van der Waals surface area (Å²) in [6.45, 7) is 1.53. The Balaban J connectivity index is 2.27. The van der Waals surface area contributed by atoms with E-state index >= 15 is 0 Å². The Morgan fingerprint density at radius 2 is 2.00 bits per heavy atom. The molecule has 0 radical (unpaired) electrons. The zero-order valence-electron chi connectivity index (χ0n) is 10.1. The zero-order valence-corrected chi connectivity index (χ0v) is 10.1. The van der Waals surface area contributed by atoms with Gasteiger partial charge in [-0.15, -0.1) is 0 Å². The van der Waals surface area contributed by atoms with Gasteiger partial charge in [-0.25, -0.2) is 5.01 Å². The summed E-state index contributed by atoms with van der Waals surface area (Å²) in [7, 11) is 1.62. The van der Waals surface area contributed by atoms with Crippen molar-refractivity contribution < 1.29 is 9.90 Å². The van der Waals surface area contributed by atoms with Crippen LogP contribution in [0.4, 0.5) is 0 Å². The van der Waals surface area contributed by atoms with E-state index in [1.807, 2.05) is 30.3 Å². The lowest BCUT2D eigenvalue weighted by molar-refractivity contribution is -0.135. The summed E-state index contributed by atoms with van der Waals surface area (Å²) in [5, 5.41) is 15.0. The number of amides is 1. The summed E-state index contributed by atoms with van der Waals surface area (Å²) >= 11 is 0. The highest BCUT2D eigenvalue weighted by Crippen LogP contribution is 2.29. The van der Waals surface area contributed by atoms with E-state index in [2.05, 4.69) is 5.10 Å². The molecule has 1 heterocycles. The highest BCUT2D eigenvalue weighted by atomic mass is 16.3. The number of aliphatic hydroxyl groups is 1. The number of benzene rings is 1. The van der Waals surface area contributed by atoms with Crippen LogP contribution in [0.3, 0.4) is 0 Å². The smallest absolute Gasteiger partial charge is 0.256 e. The van der Waals surface area contributed by atoms with Crippen molar-refractivity contribution in [3.05, 3.63) is 35.9 Å². The maximum absolute atomic E-state index is 11.9. The molecule has 90 valence electrons. The van der Waals surface area contributed by atoms with Gasteiger partial charge in [-0.1, -0.05) is 30.3 Å². The maximum Gasteiger partial charge on any atom is 0.256 e. The molecule has 0 fully saturated rings. The SMILES string of the molecule is CN1N=C(Cc2ccccc2)C(C)(CO)C1=O. The molecule has 1 aliphatic rings. The lowest BCUT2D eigenvalue weighted by Crippen LogP contribution is -2.39. The molecule has 0 bridgehead atoms. The van der Waals surface area contributed by atoms with Crippen molar-refractivity contribution in [1.82, 2.24) is 5.01 Å². The summed E-state index contributed by atoms with van der Waals surface area (Å²) < 4.78 is 0. The molecule has 2 rings (SSSR count). The molecule has 0 saturated carbocycles. The average molecular weight is 232 g/mol. The molecular weight excluding hydrogens is 216 g/mol. The first-order valence-electron chi connectivity index (χ1n) is 5.59. The highest BCUT2D eigenvalue weighted by Gasteiger charge is 2.45. The molecule has 0 spiro atoms. The molecule has 17 heavy (non-hydrogen) atoms. The van der Waals surface area contributed by atoms with E-state index < -0.39 is 5.41 Å². The second-order valence-corrected chi connectivity index (χ2v) is 4.53. The topological polar surface area (TPSA) is 52.9 Å². The molecule has 1 atom stereocenters. The van der Waals surface area contributed by atoms with E-state index in [4.69, 9.17) is 0 Å². The molecule has 1 aromatic carbocycles. The van der Waals surface area contributed by atoms with Crippen LogP contribution in [0.5, 0.6) is 0 Å². The molecule has 1 aliphatic heterocycles. The maximum atomic E-state index is 11.9. The minimum atomic E-state index is -0.870. The van der Waals surface area contributed by atoms with Crippen LogP contribution in [-0.4, -0.2) is 35.4 Å².